The van der Waals surface area contributed by atoms with Crippen LogP contribution < -0.4 is 4.90 Å². The molecule has 1 fully saturated rings. The first-order valence-electron chi connectivity index (χ1n) is 6.20. The number of aromatic nitrogens is 1. The molecule has 1 aliphatic carbocycles. The second-order valence-corrected chi connectivity index (χ2v) is 4.49. The second-order valence-electron chi connectivity index (χ2n) is 4.49. The molecular formula is C12H17N3O3. The summed E-state index contributed by atoms with van der Waals surface area (Å²) in [6.07, 6.45) is 5.45. The van der Waals surface area contributed by atoms with Gasteiger partial charge in [-0.2, -0.15) is 0 Å². The van der Waals surface area contributed by atoms with E-state index in [9.17, 15) is 10.1 Å². The molecule has 0 bridgehead atoms. The maximum atomic E-state index is 10.6. The molecule has 0 aliphatic heterocycles. The quantitative estimate of drug-likeness (QED) is 0.615. The number of hydrogen-bond acceptors (Lipinski definition) is 5. The van der Waals surface area contributed by atoms with Gasteiger partial charge in [-0.15, -0.1) is 0 Å². The maximum absolute atomic E-state index is 10.6. The van der Waals surface area contributed by atoms with E-state index in [-0.39, 0.29) is 12.3 Å². The van der Waals surface area contributed by atoms with Crippen LogP contribution >= 0.6 is 0 Å². The van der Waals surface area contributed by atoms with Crippen molar-refractivity contribution in [2.75, 3.05) is 18.1 Å². The third kappa shape index (κ3) is 2.76. The Kier molecular flexibility index (Phi) is 4.09. The van der Waals surface area contributed by atoms with Gasteiger partial charge in [-0.25, -0.2) is 4.98 Å². The standard InChI is InChI=1S/C12H17N3O3/c16-8-2-7-14(10-3-1-4-10)12-6-5-11(9-13-12)15(17)18/h5-6,9-10,16H,1-4,7-8H2. The lowest BCUT2D eigenvalue weighted by atomic mass is 9.91. The van der Waals surface area contributed by atoms with E-state index in [4.69, 9.17) is 5.11 Å². The fourth-order valence-corrected chi connectivity index (χ4v) is 2.08. The summed E-state index contributed by atoms with van der Waals surface area (Å²) in [5.74, 6) is 0.763. The lowest BCUT2D eigenvalue weighted by Crippen LogP contribution is -2.41. The Hall–Kier alpha value is -1.69. The molecule has 98 valence electrons. The van der Waals surface area contributed by atoms with Crippen LogP contribution in [-0.2, 0) is 0 Å². The third-order valence-corrected chi connectivity index (χ3v) is 3.31. The van der Waals surface area contributed by atoms with Crippen molar-refractivity contribution in [3.05, 3.63) is 28.4 Å². The predicted molar refractivity (Wildman–Crippen MR) is 67.6 cm³/mol. The number of anilines is 1. The minimum atomic E-state index is -0.446. The average molecular weight is 251 g/mol. The molecule has 0 radical (unpaired) electrons. The summed E-state index contributed by atoms with van der Waals surface area (Å²) in [6, 6.07) is 3.63. The van der Waals surface area contributed by atoms with Crippen LogP contribution in [0.15, 0.2) is 18.3 Å². The van der Waals surface area contributed by atoms with E-state index >= 15 is 0 Å². The molecule has 18 heavy (non-hydrogen) atoms. The summed E-state index contributed by atoms with van der Waals surface area (Å²) in [5, 5.41) is 19.5. The van der Waals surface area contributed by atoms with E-state index in [1.54, 1.807) is 6.07 Å². The molecular weight excluding hydrogens is 234 g/mol. The minimum Gasteiger partial charge on any atom is -0.396 e. The first-order chi connectivity index (χ1) is 8.72. The highest BCUT2D eigenvalue weighted by molar-refractivity contribution is 5.44. The van der Waals surface area contributed by atoms with Gasteiger partial charge in [-0.1, -0.05) is 0 Å². The summed E-state index contributed by atoms with van der Waals surface area (Å²) in [7, 11) is 0. The predicted octanol–water partition coefficient (Wildman–Crippen LogP) is 1.73. The van der Waals surface area contributed by atoms with Crippen molar-refractivity contribution >= 4 is 11.5 Å². The molecule has 0 unspecified atom stereocenters. The molecule has 1 saturated carbocycles. The van der Waals surface area contributed by atoms with Gasteiger partial charge in [0.05, 0.1) is 4.92 Å². The van der Waals surface area contributed by atoms with E-state index in [2.05, 4.69) is 9.88 Å². The molecule has 1 aliphatic rings. The topological polar surface area (TPSA) is 79.5 Å². The number of aliphatic hydroxyl groups is 1. The Labute approximate surface area is 105 Å². The summed E-state index contributed by atoms with van der Waals surface area (Å²) < 4.78 is 0. The van der Waals surface area contributed by atoms with E-state index in [1.807, 2.05) is 0 Å². The molecule has 0 aromatic carbocycles. The van der Waals surface area contributed by atoms with Crippen molar-refractivity contribution in [2.45, 2.75) is 31.7 Å². The SMILES string of the molecule is O=[N+]([O-])c1ccc(N(CCCO)C2CCC2)nc1. The van der Waals surface area contributed by atoms with Gasteiger partial charge in [-0.3, -0.25) is 10.1 Å². The normalized spacial score (nSPS) is 15.2. The summed E-state index contributed by atoms with van der Waals surface area (Å²) in [6.45, 7) is 0.891. The van der Waals surface area contributed by atoms with Crippen molar-refractivity contribution in [3.8, 4) is 0 Å². The number of pyridine rings is 1. The van der Waals surface area contributed by atoms with E-state index < -0.39 is 4.92 Å². The van der Waals surface area contributed by atoms with Crippen LogP contribution in [0.4, 0.5) is 11.5 Å². The second kappa shape index (κ2) is 5.77. The molecule has 0 spiro atoms. The van der Waals surface area contributed by atoms with Crippen LogP contribution in [0.5, 0.6) is 0 Å². The highest BCUT2D eigenvalue weighted by Crippen LogP contribution is 2.29. The summed E-state index contributed by atoms with van der Waals surface area (Å²) in [5.41, 5.74) is 0.00877. The smallest absolute Gasteiger partial charge is 0.287 e. The molecule has 0 amide bonds. The van der Waals surface area contributed by atoms with Crippen molar-refractivity contribution < 1.29 is 10.0 Å². The fraction of sp³-hybridized carbons (Fsp3) is 0.583. The van der Waals surface area contributed by atoms with Gasteiger partial charge in [0.1, 0.15) is 12.0 Å². The summed E-state index contributed by atoms with van der Waals surface area (Å²) >= 11 is 0. The Morgan fingerprint density at radius 3 is 2.72 bits per heavy atom. The maximum Gasteiger partial charge on any atom is 0.287 e. The van der Waals surface area contributed by atoms with Crippen LogP contribution in [0.1, 0.15) is 25.7 Å². The van der Waals surface area contributed by atoms with Gasteiger partial charge in [0.2, 0.25) is 0 Å². The molecule has 1 aromatic rings. The van der Waals surface area contributed by atoms with Gasteiger partial charge < -0.3 is 10.0 Å². The number of hydrogen-bond donors (Lipinski definition) is 1. The monoisotopic (exact) mass is 251 g/mol. The lowest BCUT2D eigenvalue weighted by Gasteiger charge is -2.38. The van der Waals surface area contributed by atoms with Crippen LogP contribution in [-0.4, -0.2) is 34.2 Å². The zero-order valence-corrected chi connectivity index (χ0v) is 10.2. The van der Waals surface area contributed by atoms with Crippen molar-refractivity contribution in [3.63, 3.8) is 0 Å². The molecule has 1 aromatic heterocycles. The van der Waals surface area contributed by atoms with E-state index in [0.29, 0.717) is 12.5 Å². The first-order valence-corrected chi connectivity index (χ1v) is 6.20. The first kappa shape index (κ1) is 12.8. The Balaban J connectivity index is 2.11. The van der Waals surface area contributed by atoms with E-state index in [0.717, 1.165) is 25.2 Å². The van der Waals surface area contributed by atoms with Gasteiger partial charge >= 0.3 is 0 Å². The molecule has 1 heterocycles. The highest BCUT2D eigenvalue weighted by Gasteiger charge is 2.25. The van der Waals surface area contributed by atoms with Crippen molar-refractivity contribution in [2.24, 2.45) is 0 Å². The Morgan fingerprint density at radius 2 is 2.28 bits per heavy atom. The zero-order valence-electron chi connectivity index (χ0n) is 10.2. The van der Waals surface area contributed by atoms with Crippen LogP contribution in [0.3, 0.4) is 0 Å². The Morgan fingerprint density at radius 1 is 1.50 bits per heavy atom. The van der Waals surface area contributed by atoms with Crippen molar-refractivity contribution in [1.29, 1.82) is 0 Å². The van der Waals surface area contributed by atoms with Gasteiger partial charge in [-0.05, 0) is 31.7 Å². The number of rotatable bonds is 6. The van der Waals surface area contributed by atoms with Gasteiger partial charge in [0, 0.05) is 25.3 Å². The lowest BCUT2D eigenvalue weighted by molar-refractivity contribution is -0.385. The highest BCUT2D eigenvalue weighted by atomic mass is 16.6. The van der Waals surface area contributed by atoms with Crippen LogP contribution in [0, 0.1) is 10.1 Å². The summed E-state index contributed by atoms with van der Waals surface area (Å²) in [4.78, 5) is 16.4. The molecule has 0 atom stereocenters. The average Bonchev–Trinajstić information content (AvgIpc) is 2.32. The number of aliphatic hydroxyl groups excluding tert-OH is 1. The molecule has 6 heteroatoms. The molecule has 1 N–H and O–H groups in total. The van der Waals surface area contributed by atoms with Crippen LogP contribution in [0.2, 0.25) is 0 Å². The van der Waals surface area contributed by atoms with Gasteiger partial charge in [0.15, 0.2) is 0 Å². The zero-order chi connectivity index (χ0) is 13.0. The molecule has 2 rings (SSSR count). The van der Waals surface area contributed by atoms with E-state index in [1.165, 1.54) is 18.7 Å². The molecule has 6 nitrogen and oxygen atoms in total. The van der Waals surface area contributed by atoms with Gasteiger partial charge in [0.25, 0.3) is 5.69 Å². The Bertz CT molecular complexity index is 404. The van der Waals surface area contributed by atoms with Crippen LogP contribution in [0.25, 0.3) is 0 Å². The third-order valence-electron chi connectivity index (χ3n) is 3.31. The molecule has 0 saturated heterocycles. The number of nitro groups is 1. The minimum absolute atomic E-state index is 0.00877. The largest absolute Gasteiger partial charge is 0.396 e. The van der Waals surface area contributed by atoms with Crippen molar-refractivity contribution in [1.82, 2.24) is 4.98 Å². The number of nitrogens with zero attached hydrogens (tertiary/aromatic N) is 3. The fourth-order valence-electron chi connectivity index (χ4n) is 2.08.